The van der Waals surface area contributed by atoms with Crippen LogP contribution in [0.3, 0.4) is 0 Å². The average molecular weight is 694 g/mol. The Kier molecular flexibility index (Phi) is 17.8. The van der Waals surface area contributed by atoms with Crippen molar-refractivity contribution in [3.63, 3.8) is 0 Å². The summed E-state index contributed by atoms with van der Waals surface area (Å²) in [5, 5.41) is 23.2. The largest absolute Gasteiger partial charge is 0.393 e. The summed E-state index contributed by atoms with van der Waals surface area (Å²) in [6.07, 6.45) is 8.63. The van der Waals surface area contributed by atoms with E-state index in [0.29, 0.717) is 32.1 Å². The predicted molar refractivity (Wildman–Crippen MR) is 184 cm³/mol. The van der Waals surface area contributed by atoms with E-state index >= 15 is 0 Å². The van der Waals surface area contributed by atoms with Gasteiger partial charge in [-0.1, -0.05) is 46.0 Å². The third-order valence-electron chi connectivity index (χ3n) is 9.30. The van der Waals surface area contributed by atoms with Crippen LogP contribution in [-0.4, -0.2) is 89.9 Å². The molecular formula is C33H59N9O7. The van der Waals surface area contributed by atoms with Crippen LogP contribution in [0.2, 0.25) is 0 Å². The fourth-order valence-corrected chi connectivity index (χ4v) is 6.55. The maximum atomic E-state index is 13.7. The number of aliphatic hydroxyl groups is 1. The molecular weight excluding hydrogens is 634 g/mol. The van der Waals surface area contributed by atoms with Gasteiger partial charge in [0.05, 0.1) is 12.6 Å². The van der Waals surface area contributed by atoms with Crippen molar-refractivity contribution in [1.29, 1.82) is 0 Å². The van der Waals surface area contributed by atoms with Crippen LogP contribution in [-0.2, 0) is 28.8 Å². The van der Waals surface area contributed by atoms with Gasteiger partial charge < -0.3 is 48.9 Å². The number of nitrogens with one attached hydrogen (secondary N) is 5. The number of hydrogen-bond donors (Lipinski definition) is 9. The lowest BCUT2D eigenvalue weighted by atomic mass is 9.83. The molecule has 16 nitrogen and oxygen atoms in total. The SMILES string of the molecule is CC(=O)N[C@@H](CCCN=C(N)N)C(=O)NCC(=O)N[C@@H](CC1CCCCC1)C(=O)N[C@@H](C(=O)N[C@@H](CC1CCC(O)CC1)C(N)=O)C(C)C. The number of rotatable bonds is 19. The van der Waals surface area contributed by atoms with Crippen molar-refractivity contribution in [1.82, 2.24) is 26.6 Å². The Bertz CT molecular complexity index is 1150. The highest BCUT2D eigenvalue weighted by Crippen LogP contribution is 2.29. The van der Waals surface area contributed by atoms with Gasteiger partial charge in [-0.3, -0.25) is 33.8 Å². The van der Waals surface area contributed by atoms with E-state index < -0.39 is 66.2 Å². The smallest absolute Gasteiger partial charge is 0.243 e. The summed E-state index contributed by atoms with van der Waals surface area (Å²) >= 11 is 0. The summed E-state index contributed by atoms with van der Waals surface area (Å²) in [7, 11) is 0. The molecule has 2 aliphatic carbocycles. The number of aliphatic imine (C=N–C) groups is 1. The van der Waals surface area contributed by atoms with Crippen molar-refractivity contribution < 1.29 is 33.9 Å². The first-order valence-corrected chi connectivity index (χ1v) is 17.6. The molecule has 12 N–H and O–H groups in total. The minimum absolute atomic E-state index is 0.0870. The molecule has 0 radical (unpaired) electrons. The molecule has 16 heteroatoms. The molecule has 6 amide bonds. The normalized spacial score (nSPS) is 20.5. The van der Waals surface area contributed by atoms with Gasteiger partial charge in [0, 0.05) is 13.5 Å². The molecule has 4 atom stereocenters. The molecule has 0 aromatic rings. The van der Waals surface area contributed by atoms with Gasteiger partial charge in [-0.25, -0.2) is 0 Å². The summed E-state index contributed by atoms with van der Waals surface area (Å²) in [5.74, 6) is -3.51. The summed E-state index contributed by atoms with van der Waals surface area (Å²) in [6, 6.07) is -3.83. The second-order valence-corrected chi connectivity index (χ2v) is 13.9. The van der Waals surface area contributed by atoms with Gasteiger partial charge in [0.2, 0.25) is 35.4 Å². The number of aliphatic hydroxyl groups excluding tert-OH is 1. The lowest BCUT2D eigenvalue weighted by Gasteiger charge is -2.31. The van der Waals surface area contributed by atoms with E-state index in [0.717, 1.165) is 44.9 Å². The van der Waals surface area contributed by atoms with Gasteiger partial charge in [-0.15, -0.1) is 0 Å². The molecule has 49 heavy (non-hydrogen) atoms. The number of nitrogens with zero attached hydrogens (tertiary/aromatic N) is 1. The molecule has 2 aliphatic rings. The van der Waals surface area contributed by atoms with E-state index in [2.05, 4.69) is 31.6 Å². The Morgan fingerprint density at radius 1 is 0.735 bits per heavy atom. The van der Waals surface area contributed by atoms with Gasteiger partial charge in [-0.2, -0.15) is 0 Å². The van der Waals surface area contributed by atoms with Gasteiger partial charge in [0.15, 0.2) is 5.96 Å². The number of carbonyl (C=O) groups excluding carboxylic acids is 6. The number of hydrogen-bond acceptors (Lipinski definition) is 8. The highest BCUT2D eigenvalue weighted by Gasteiger charge is 2.34. The zero-order valence-electron chi connectivity index (χ0n) is 29.3. The lowest BCUT2D eigenvalue weighted by Crippen LogP contribution is -2.59. The van der Waals surface area contributed by atoms with Gasteiger partial charge in [0.1, 0.15) is 24.2 Å². The fraction of sp³-hybridized carbons (Fsp3) is 0.788. The molecule has 0 aromatic heterocycles. The first kappa shape index (κ1) is 41.2. The van der Waals surface area contributed by atoms with Crippen molar-refractivity contribution in [3.05, 3.63) is 0 Å². The Balaban J connectivity index is 2.08. The minimum atomic E-state index is -1.01. The van der Waals surface area contributed by atoms with Gasteiger partial charge >= 0.3 is 0 Å². The van der Waals surface area contributed by atoms with Crippen LogP contribution < -0.4 is 43.8 Å². The zero-order chi connectivity index (χ0) is 36.5. The molecule has 0 aliphatic heterocycles. The van der Waals surface area contributed by atoms with Gasteiger partial charge in [0.25, 0.3) is 0 Å². The molecule has 2 rings (SSSR count). The number of amides is 6. The molecule has 0 heterocycles. The van der Waals surface area contributed by atoms with Crippen LogP contribution in [0.15, 0.2) is 4.99 Å². The van der Waals surface area contributed by atoms with Crippen molar-refractivity contribution in [2.75, 3.05) is 13.1 Å². The Morgan fingerprint density at radius 3 is 1.92 bits per heavy atom. The summed E-state index contributed by atoms with van der Waals surface area (Å²) < 4.78 is 0. The molecule has 0 bridgehead atoms. The second-order valence-electron chi connectivity index (χ2n) is 13.9. The molecule has 0 saturated heterocycles. The molecule has 0 aromatic carbocycles. The summed E-state index contributed by atoms with van der Waals surface area (Å²) in [5.41, 5.74) is 16.3. The van der Waals surface area contributed by atoms with Crippen LogP contribution in [0.5, 0.6) is 0 Å². The molecule has 0 unspecified atom stereocenters. The van der Waals surface area contributed by atoms with E-state index in [9.17, 15) is 33.9 Å². The third-order valence-corrected chi connectivity index (χ3v) is 9.30. The van der Waals surface area contributed by atoms with Crippen molar-refractivity contribution >= 4 is 41.4 Å². The van der Waals surface area contributed by atoms with Crippen LogP contribution in [0.1, 0.15) is 104 Å². The maximum Gasteiger partial charge on any atom is 0.243 e. The minimum Gasteiger partial charge on any atom is -0.393 e. The highest BCUT2D eigenvalue weighted by molar-refractivity contribution is 5.95. The number of primary amides is 1. The standard InChI is InChI=1S/C33H59N9O7/c1-19(2)28(32(49)41-25(29(34)46)16-22-11-13-23(44)14-12-22)42-31(48)26(17-21-8-5-4-6-9-21)40-27(45)18-38-30(47)24(39-20(3)43)10-7-15-37-33(35)36/h19,21-26,28,44H,4-18H2,1-3H3,(H2,34,46)(H,38,47)(H,39,43)(H,40,45)(H,41,49)(H,42,48)(H4,35,36,37)/t22?,23?,24-,25-,26-,28+/m0/s1. The average Bonchev–Trinajstić information content (AvgIpc) is 3.04. The molecule has 0 spiro atoms. The lowest BCUT2D eigenvalue weighted by molar-refractivity contribution is -0.134. The molecule has 2 fully saturated rings. The van der Waals surface area contributed by atoms with E-state index in [1.807, 2.05) is 0 Å². The first-order chi connectivity index (χ1) is 23.2. The summed E-state index contributed by atoms with van der Waals surface area (Å²) in [4.78, 5) is 81.0. The highest BCUT2D eigenvalue weighted by atomic mass is 16.3. The quantitative estimate of drug-likeness (QED) is 0.0463. The summed E-state index contributed by atoms with van der Waals surface area (Å²) in [6.45, 7) is 4.62. The maximum absolute atomic E-state index is 13.7. The Labute approximate surface area is 289 Å². The fourth-order valence-electron chi connectivity index (χ4n) is 6.55. The Morgan fingerprint density at radius 2 is 1.35 bits per heavy atom. The topological polar surface area (TPSA) is 273 Å². The molecule has 278 valence electrons. The van der Waals surface area contributed by atoms with Crippen LogP contribution in [0.4, 0.5) is 0 Å². The van der Waals surface area contributed by atoms with E-state index in [-0.39, 0.29) is 42.8 Å². The van der Waals surface area contributed by atoms with Crippen molar-refractivity contribution in [3.8, 4) is 0 Å². The third kappa shape index (κ3) is 15.9. The van der Waals surface area contributed by atoms with E-state index in [4.69, 9.17) is 17.2 Å². The molecule has 2 saturated carbocycles. The van der Waals surface area contributed by atoms with Crippen LogP contribution in [0, 0.1) is 17.8 Å². The number of nitrogens with two attached hydrogens (primary N) is 3. The van der Waals surface area contributed by atoms with Crippen LogP contribution >= 0.6 is 0 Å². The number of guanidine groups is 1. The van der Waals surface area contributed by atoms with E-state index in [1.54, 1.807) is 13.8 Å². The Hall–Kier alpha value is -3.95. The van der Waals surface area contributed by atoms with Crippen LogP contribution in [0.25, 0.3) is 0 Å². The van der Waals surface area contributed by atoms with Crippen molar-refractivity contribution in [2.45, 2.75) is 135 Å². The zero-order valence-corrected chi connectivity index (χ0v) is 29.3. The van der Waals surface area contributed by atoms with Gasteiger partial charge in [-0.05, 0) is 69.1 Å². The van der Waals surface area contributed by atoms with E-state index in [1.165, 1.54) is 6.92 Å². The number of carbonyl (C=O) groups is 6. The van der Waals surface area contributed by atoms with Crippen molar-refractivity contribution in [2.24, 2.45) is 39.9 Å². The monoisotopic (exact) mass is 693 g/mol. The first-order valence-electron chi connectivity index (χ1n) is 17.6. The second kappa shape index (κ2) is 21.2. The predicted octanol–water partition coefficient (Wildman–Crippen LogP) is -0.832.